The van der Waals surface area contributed by atoms with E-state index in [2.05, 4.69) is 5.32 Å². The van der Waals surface area contributed by atoms with E-state index in [1.807, 2.05) is 6.92 Å². The van der Waals surface area contributed by atoms with Gasteiger partial charge in [0.2, 0.25) is 11.8 Å². The average molecular weight is 254 g/mol. The van der Waals surface area contributed by atoms with Gasteiger partial charge in [0, 0.05) is 13.7 Å². The van der Waals surface area contributed by atoms with Gasteiger partial charge in [-0.2, -0.15) is 0 Å². The number of methoxy groups -OCH3 is 1. The minimum Gasteiger partial charge on any atom is -0.380 e. The molecular weight excluding hydrogens is 232 g/mol. The summed E-state index contributed by atoms with van der Waals surface area (Å²) in [5.74, 6) is 0.0329. The molecule has 1 saturated carbocycles. The Morgan fingerprint density at radius 3 is 2.61 bits per heavy atom. The molecule has 5 heteroatoms. The zero-order valence-corrected chi connectivity index (χ0v) is 11.2. The maximum absolute atomic E-state index is 12.3. The predicted molar refractivity (Wildman–Crippen MR) is 67.0 cm³/mol. The molecule has 1 aliphatic heterocycles. The molecule has 5 nitrogen and oxygen atoms in total. The number of carbonyl (C=O) groups is 2. The second-order valence-corrected chi connectivity index (χ2v) is 5.33. The Kier molecular flexibility index (Phi) is 3.90. The molecule has 1 saturated heterocycles. The molecule has 0 bridgehead atoms. The molecule has 0 aromatic rings. The van der Waals surface area contributed by atoms with Gasteiger partial charge in [0.15, 0.2) is 0 Å². The standard InChI is InChI=1S/C13H22N2O3/c1-10(18-2)9-15-11(16)8-14-12(17)13(15)6-4-3-5-7-13/h10H,3-9H2,1-2H3,(H,14,17). The largest absolute Gasteiger partial charge is 0.380 e. The van der Waals surface area contributed by atoms with Crippen LogP contribution < -0.4 is 5.32 Å². The van der Waals surface area contributed by atoms with Gasteiger partial charge in [-0.3, -0.25) is 9.59 Å². The van der Waals surface area contributed by atoms with Gasteiger partial charge in [-0.05, 0) is 19.8 Å². The van der Waals surface area contributed by atoms with Crippen molar-refractivity contribution in [1.82, 2.24) is 10.2 Å². The normalized spacial score (nSPS) is 25.1. The molecule has 0 radical (unpaired) electrons. The van der Waals surface area contributed by atoms with Gasteiger partial charge in [-0.15, -0.1) is 0 Å². The monoisotopic (exact) mass is 254 g/mol. The van der Waals surface area contributed by atoms with Gasteiger partial charge in [0.1, 0.15) is 5.54 Å². The summed E-state index contributed by atoms with van der Waals surface area (Å²) in [6.07, 6.45) is 4.69. The Labute approximate surface area is 108 Å². The molecule has 2 rings (SSSR count). The zero-order chi connectivity index (χ0) is 13.2. The first-order chi connectivity index (χ1) is 8.60. The average Bonchev–Trinajstić information content (AvgIpc) is 2.40. The van der Waals surface area contributed by atoms with E-state index in [1.165, 1.54) is 0 Å². The maximum Gasteiger partial charge on any atom is 0.246 e. The lowest BCUT2D eigenvalue weighted by atomic mass is 9.78. The van der Waals surface area contributed by atoms with Gasteiger partial charge in [-0.25, -0.2) is 0 Å². The Morgan fingerprint density at radius 2 is 2.00 bits per heavy atom. The van der Waals surface area contributed by atoms with E-state index in [9.17, 15) is 9.59 Å². The third kappa shape index (κ3) is 2.23. The first-order valence-electron chi connectivity index (χ1n) is 6.72. The third-order valence-corrected chi connectivity index (χ3v) is 4.16. The van der Waals surface area contributed by atoms with Crippen molar-refractivity contribution in [3.05, 3.63) is 0 Å². The number of amides is 2. The number of nitrogens with zero attached hydrogens (tertiary/aromatic N) is 1. The van der Waals surface area contributed by atoms with E-state index in [0.717, 1.165) is 32.1 Å². The number of piperazine rings is 1. The van der Waals surface area contributed by atoms with Crippen LogP contribution in [0, 0.1) is 0 Å². The molecule has 1 heterocycles. The van der Waals surface area contributed by atoms with Crippen LogP contribution in [0.5, 0.6) is 0 Å². The number of carbonyl (C=O) groups excluding carboxylic acids is 2. The molecule has 1 aliphatic carbocycles. The van der Waals surface area contributed by atoms with E-state index in [0.29, 0.717) is 6.54 Å². The van der Waals surface area contributed by atoms with Crippen molar-refractivity contribution < 1.29 is 14.3 Å². The molecule has 0 aromatic carbocycles. The Morgan fingerprint density at radius 1 is 1.33 bits per heavy atom. The molecule has 0 aromatic heterocycles. The summed E-state index contributed by atoms with van der Waals surface area (Å²) in [7, 11) is 1.63. The molecule has 102 valence electrons. The summed E-state index contributed by atoms with van der Waals surface area (Å²) in [4.78, 5) is 26.1. The van der Waals surface area contributed by atoms with Crippen molar-refractivity contribution in [2.24, 2.45) is 0 Å². The van der Waals surface area contributed by atoms with Crippen LogP contribution in [-0.2, 0) is 14.3 Å². The zero-order valence-electron chi connectivity index (χ0n) is 11.2. The summed E-state index contributed by atoms with van der Waals surface area (Å²) >= 11 is 0. The third-order valence-electron chi connectivity index (χ3n) is 4.16. The number of nitrogens with one attached hydrogen (secondary N) is 1. The molecule has 18 heavy (non-hydrogen) atoms. The van der Waals surface area contributed by atoms with E-state index in [-0.39, 0.29) is 24.5 Å². The summed E-state index contributed by atoms with van der Waals surface area (Å²) in [6, 6.07) is 0. The molecular formula is C13H22N2O3. The Balaban J connectivity index is 2.23. The summed E-state index contributed by atoms with van der Waals surface area (Å²) in [6.45, 7) is 2.55. The first-order valence-corrected chi connectivity index (χ1v) is 6.72. The van der Waals surface area contributed by atoms with E-state index in [4.69, 9.17) is 4.74 Å². The smallest absolute Gasteiger partial charge is 0.246 e. The van der Waals surface area contributed by atoms with Gasteiger partial charge in [-0.1, -0.05) is 19.3 Å². The number of hydrogen-bond acceptors (Lipinski definition) is 3. The van der Waals surface area contributed by atoms with Crippen molar-refractivity contribution in [1.29, 1.82) is 0 Å². The minimum absolute atomic E-state index is 0.0143. The Bertz CT molecular complexity index is 337. The molecule has 2 amide bonds. The molecule has 1 spiro atoms. The number of hydrogen-bond donors (Lipinski definition) is 1. The quantitative estimate of drug-likeness (QED) is 0.806. The summed E-state index contributed by atoms with van der Waals surface area (Å²) in [5.41, 5.74) is -0.611. The van der Waals surface area contributed by atoms with Crippen LogP contribution in [0.1, 0.15) is 39.0 Å². The van der Waals surface area contributed by atoms with Crippen molar-refractivity contribution >= 4 is 11.8 Å². The second kappa shape index (κ2) is 5.26. The minimum atomic E-state index is -0.611. The van der Waals surface area contributed by atoms with Crippen molar-refractivity contribution in [3.8, 4) is 0 Å². The highest BCUT2D eigenvalue weighted by atomic mass is 16.5. The van der Waals surface area contributed by atoms with Gasteiger partial charge >= 0.3 is 0 Å². The highest BCUT2D eigenvalue weighted by molar-refractivity contribution is 5.98. The number of rotatable bonds is 3. The van der Waals surface area contributed by atoms with Crippen molar-refractivity contribution in [2.75, 3.05) is 20.2 Å². The van der Waals surface area contributed by atoms with E-state index < -0.39 is 5.54 Å². The van der Waals surface area contributed by atoms with Crippen LogP contribution in [0.25, 0.3) is 0 Å². The lowest BCUT2D eigenvalue weighted by Crippen LogP contribution is -2.68. The van der Waals surface area contributed by atoms with Crippen LogP contribution in [0.2, 0.25) is 0 Å². The topological polar surface area (TPSA) is 58.6 Å². The van der Waals surface area contributed by atoms with Crippen LogP contribution in [0.15, 0.2) is 0 Å². The molecule has 2 fully saturated rings. The predicted octanol–water partition coefficient (Wildman–Crippen LogP) is 0.683. The SMILES string of the molecule is COC(C)CN1C(=O)CNC(=O)C12CCCCC2. The van der Waals surface area contributed by atoms with Crippen LogP contribution in [0.3, 0.4) is 0 Å². The maximum atomic E-state index is 12.3. The van der Waals surface area contributed by atoms with Gasteiger partial charge in [0.25, 0.3) is 0 Å². The van der Waals surface area contributed by atoms with Crippen molar-refractivity contribution in [2.45, 2.75) is 50.7 Å². The second-order valence-electron chi connectivity index (χ2n) is 5.33. The van der Waals surface area contributed by atoms with Gasteiger partial charge in [0.05, 0.1) is 12.6 Å². The Hall–Kier alpha value is -1.10. The van der Waals surface area contributed by atoms with Crippen LogP contribution >= 0.6 is 0 Å². The fraction of sp³-hybridized carbons (Fsp3) is 0.846. The highest BCUT2D eigenvalue weighted by Gasteiger charge is 2.49. The van der Waals surface area contributed by atoms with Gasteiger partial charge < -0.3 is 15.0 Å². The fourth-order valence-corrected chi connectivity index (χ4v) is 3.02. The van der Waals surface area contributed by atoms with Crippen LogP contribution in [-0.4, -0.2) is 48.6 Å². The van der Waals surface area contributed by atoms with Crippen molar-refractivity contribution in [3.63, 3.8) is 0 Å². The molecule has 1 atom stereocenters. The van der Waals surface area contributed by atoms with Crippen LogP contribution in [0.4, 0.5) is 0 Å². The summed E-state index contributed by atoms with van der Waals surface area (Å²) < 4.78 is 5.24. The lowest BCUT2D eigenvalue weighted by molar-refractivity contribution is -0.158. The molecule has 1 unspecified atom stereocenters. The first kappa shape index (κ1) is 13.3. The molecule has 1 N–H and O–H groups in total. The fourth-order valence-electron chi connectivity index (χ4n) is 3.02. The molecule has 2 aliphatic rings. The summed E-state index contributed by atoms with van der Waals surface area (Å²) in [5, 5.41) is 2.74. The van der Waals surface area contributed by atoms with E-state index in [1.54, 1.807) is 12.0 Å². The number of ether oxygens (including phenoxy) is 1. The highest BCUT2D eigenvalue weighted by Crippen LogP contribution is 2.35. The lowest BCUT2D eigenvalue weighted by Gasteiger charge is -2.48. The van der Waals surface area contributed by atoms with E-state index >= 15 is 0 Å².